The summed E-state index contributed by atoms with van der Waals surface area (Å²) in [6.45, 7) is 4.74. The maximum atomic E-state index is 11.9. The highest BCUT2D eigenvalue weighted by Gasteiger charge is 2.23. The molecule has 0 bridgehead atoms. The smallest absolute Gasteiger partial charge is 0.339 e. The quantitative estimate of drug-likeness (QED) is 0.814. The number of carbonyl (C=O) groups excluding carboxylic acids is 1. The molecule has 6 nitrogen and oxygen atoms in total. The van der Waals surface area contributed by atoms with Crippen LogP contribution in [0.15, 0.2) is 6.20 Å². The molecule has 88 valence electrons. The average molecular weight is 225 g/mol. The fourth-order valence-electron chi connectivity index (χ4n) is 1.46. The first-order valence-electron chi connectivity index (χ1n) is 5.07. The second-order valence-electron chi connectivity index (χ2n) is 3.35. The van der Waals surface area contributed by atoms with E-state index < -0.39 is 5.97 Å². The third kappa shape index (κ3) is 2.21. The van der Waals surface area contributed by atoms with E-state index in [9.17, 15) is 9.59 Å². The Morgan fingerprint density at radius 1 is 1.44 bits per heavy atom. The van der Waals surface area contributed by atoms with Gasteiger partial charge < -0.3 is 10.0 Å². The molecular formula is C10H15N3O3. The van der Waals surface area contributed by atoms with E-state index >= 15 is 0 Å². The summed E-state index contributed by atoms with van der Waals surface area (Å²) in [5.74, 6) is -1.48. The van der Waals surface area contributed by atoms with E-state index in [-0.39, 0.29) is 17.2 Å². The number of aryl methyl sites for hydroxylation is 1. The average Bonchev–Trinajstić information content (AvgIpc) is 2.62. The van der Waals surface area contributed by atoms with Gasteiger partial charge in [0.2, 0.25) is 0 Å². The standard InChI is InChI=1S/C10H15N3O3/c1-4-13(5-2)9(14)8-7(10(15)16)6-12(3)11-8/h6H,4-5H2,1-3H3,(H,15,16). The van der Waals surface area contributed by atoms with Crippen LogP contribution in [0.4, 0.5) is 0 Å². The zero-order valence-electron chi connectivity index (χ0n) is 9.60. The molecule has 0 spiro atoms. The van der Waals surface area contributed by atoms with Crippen molar-refractivity contribution in [1.82, 2.24) is 14.7 Å². The lowest BCUT2D eigenvalue weighted by Gasteiger charge is -2.17. The van der Waals surface area contributed by atoms with Gasteiger partial charge in [-0.05, 0) is 13.8 Å². The summed E-state index contributed by atoms with van der Waals surface area (Å²) in [7, 11) is 1.59. The number of hydrogen-bond acceptors (Lipinski definition) is 3. The van der Waals surface area contributed by atoms with Crippen LogP contribution in [-0.4, -0.2) is 44.8 Å². The zero-order chi connectivity index (χ0) is 12.3. The Kier molecular flexibility index (Phi) is 3.65. The van der Waals surface area contributed by atoms with Crippen LogP contribution in [-0.2, 0) is 7.05 Å². The largest absolute Gasteiger partial charge is 0.478 e. The molecule has 1 rings (SSSR count). The van der Waals surface area contributed by atoms with Gasteiger partial charge in [-0.3, -0.25) is 9.48 Å². The molecular weight excluding hydrogens is 210 g/mol. The van der Waals surface area contributed by atoms with Crippen LogP contribution in [0.5, 0.6) is 0 Å². The molecule has 0 aliphatic carbocycles. The third-order valence-corrected chi connectivity index (χ3v) is 2.31. The number of amides is 1. The fourth-order valence-corrected chi connectivity index (χ4v) is 1.46. The van der Waals surface area contributed by atoms with E-state index in [1.165, 1.54) is 15.8 Å². The van der Waals surface area contributed by atoms with Gasteiger partial charge in [0.05, 0.1) is 0 Å². The molecule has 0 atom stereocenters. The number of carbonyl (C=O) groups is 2. The zero-order valence-corrected chi connectivity index (χ0v) is 9.60. The van der Waals surface area contributed by atoms with Crippen molar-refractivity contribution >= 4 is 11.9 Å². The van der Waals surface area contributed by atoms with Crippen molar-refractivity contribution in [3.05, 3.63) is 17.5 Å². The second-order valence-corrected chi connectivity index (χ2v) is 3.35. The first-order chi connectivity index (χ1) is 7.51. The lowest BCUT2D eigenvalue weighted by Crippen LogP contribution is -2.31. The van der Waals surface area contributed by atoms with E-state index in [0.717, 1.165) is 0 Å². The number of aromatic nitrogens is 2. The lowest BCUT2D eigenvalue weighted by atomic mass is 10.2. The minimum absolute atomic E-state index is 0.00120. The van der Waals surface area contributed by atoms with Crippen molar-refractivity contribution in [1.29, 1.82) is 0 Å². The number of aromatic carboxylic acids is 1. The van der Waals surface area contributed by atoms with Crippen molar-refractivity contribution in [2.45, 2.75) is 13.8 Å². The second kappa shape index (κ2) is 4.78. The van der Waals surface area contributed by atoms with E-state index in [4.69, 9.17) is 5.11 Å². The molecule has 1 aromatic heterocycles. The molecule has 0 aliphatic heterocycles. The normalized spacial score (nSPS) is 10.2. The van der Waals surface area contributed by atoms with E-state index in [1.807, 2.05) is 13.8 Å². The minimum Gasteiger partial charge on any atom is -0.478 e. The minimum atomic E-state index is -1.14. The van der Waals surface area contributed by atoms with Gasteiger partial charge in [-0.1, -0.05) is 0 Å². The van der Waals surface area contributed by atoms with Crippen molar-refractivity contribution in [3.8, 4) is 0 Å². The lowest BCUT2D eigenvalue weighted by molar-refractivity contribution is 0.0677. The van der Waals surface area contributed by atoms with Crippen LogP contribution in [0, 0.1) is 0 Å². The van der Waals surface area contributed by atoms with Crippen LogP contribution < -0.4 is 0 Å². The summed E-state index contributed by atoms with van der Waals surface area (Å²) < 4.78 is 1.33. The number of carboxylic acids is 1. The number of rotatable bonds is 4. The van der Waals surface area contributed by atoms with Crippen LogP contribution in [0.3, 0.4) is 0 Å². The van der Waals surface area contributed by atoms with Gasteiger partial charge in [0.15, 0.2) is 5.69 Å². The first kappa shape index (κ1) is 12.2. The topological polar surface area (TPSA) is 75.4 Å². The number of hydrogen-bond donors (Lipinski definition) is 1. The maximum Gasteiger partial charge on any atom is 0.339 e. The molecule has 0 unspecified atom stereocenters. The van der Waals surface area contributed by atoms with Gasteiger partial charge in [-0.15, -0.1) is 0 Å². The van der Waals surface area contributed by atoms with E-state index in [2.05, 4.69) is 5.10 Å². The van der Waals surface area contributed by atoms with Gasteiger partial charge in [0, 0.05) is 26.3 Å². The molecule has 0 aromatic carbocycles. The SMILES string of the molecule is CCN(CC)C(=O)c1nn(C)cc1C(=O)O. The molecule has 0 saturated heterocycles. The van der Waals surface area contributed by atoms with Gasteiger partial charge in [0.25, 0.3) is 5.91 Å². The Morgan fingerprint density at radius 3 is 2.44 bits per heavy atom. The van der Waals surface area contributed by atoms with Crippen molar-refractivity contribution in [2.24, 2.45) is 7.05 Å². The molecule has 0 radical (unpaired) electrons. The van der Waals surface area contributed by atoms with E-state index in [0.29, 0.717) is 13.1 Å². The summed E-state index contributed by atoms with van der Waals surface area (Å²) in [4.78, 5) is 24.4. The predicted octanol–water partition coefficient (Wildman–Crippen LogP) is 0.600. The molecule has 0 saturated carbocycles. The van der Waals surface area contributed by atoms with Gasteiger partial charge in [0.1, 0.15) is 5.56 Å². The predicted molar refractivity (Wildman–Crippen MR) is 57.4 cm³/mol. The Hall–Kier alpha value is -1.85. The van der Waals surface area contributed by atoms with Crippen LogP contribution in [0.25, 0.3) is 0 Å². The van der Waals surface area contributed by atoms with Crippen LogP contribution >= 0.6 is 0 Å². The van der Waals surface area contributed by atoms with Crippen molar-refractivity contribution in [3.63, 3.8) is 0 Å². The van der Waals surface area contributed by atoms with Gasteiger partial charge in [-0.2, -0.15) is 5.10 Å². The van der Waals surface area contributed by atoms with Crippen LogP contribution in [0.1, 0.15) is 34.7 Å². The molecule has 0 aliphatic rings. The number of carboxylic acid groups (broad SMARTS) is 1. The first-order valence-corrected chi connectivity index (χ1v) is 5.07. The summed E-state index contributed by atoms with van der Waals surface area (Å²) in [6, 6.07) is 0. The monoisotopic (exact) mass is 225 g/mol. The summed E-state index contributed by atoms with van der Waals surface area (Å²) in [5, 5.41) is 12.8. The summed E-state index contributed by atoms with van der Waals surface area (Å²) in [6.07, 6.45) is 1.33. The Bertz CT molecular complexity index is 407. The molecule has 16 heavy (non-hydrogen) atoms. The maximum absolute atomic E-state index is 11.9. The Morgan fingerprint density at radius 2 is 2.00 bits per heavy atom. The molecule has 1 heterocycles. The number of nitrogens with zero attached hydrogens (tertiary/aromatic N) is 3. The highest BCUT2D eigenvalue weighted by Crippen LogP contribution is 2.09. The molecule has 1 amide bonds. The molecule has 1 aromatic rings. The van der Waals surface area contributed by atoms with Crippen molar-refractivity contribution in [2.75, 3.05) is 13.1 Å². The van der Waals surface area contributed by atoms with Gasteiger partial charge in [-0.25, -0.2) is 4.79 Å². The van der Waals surface area contributed by atoms with E-state index in [1.54, 1.807) is 7.05 Å². The summed E-state index contributed by atoms with van der Waals surface area (Å²) in [5.41, 5.74) is -0.0573. The highest BCUT2D eigenvalue weighted by molar-refractivity contribution is 6.03. The third-order valence-electron chi connectivity index (χ3n) is 2.31. The highest BCUT2D eigenvalue weighted by atomic mass is 16.4. The summed E-state index contributed by atoms with van der Waals surface area (Å²) >= 11 is 0. The van der Waals surface area contributed by atoms with Gasteiger partial charge >= 0.3 is 5.97 Å². The Balaban J connectivity index is 3.12. The molecule has 6 heteroatoms. The van der Waals surface area contributed by atoms with Crippen LogP contribution in [0.2, 0.25) is 0 Å². The molecule has 1 N–H and O–H groups in total. The molecule has 0 fully saturated rings. The fraction of sp³-hybridized carbons (Fsp3) is 0.500. The Labute approximate surface area is 93.5 Å². The van der Waals surface area contributed by atoms with Crippen molar-refractivity contribution < 1.29 is 14.7 Å².